The third-order valence-electron chi connectivity index (χ3n) is 6.89. The second kappa shape index (κ2) is 7.60. The van der Waals surface area contributed by atoms with Crippen LogP contribution >= 0.6 is 0 Å². The number of benzene rings is 1. The van der Waals surface area contributed by atoms with E-state index >= 15 is 0 Å². The Morgan fingerprint density at radius 3 is 2.69 bits per heavy atom. The normalized spacial score (nSPS) is 20.9. The molecule has 1 atom stereocenters. The highest BCUT2D eigenvalue weighted by molar-refractivity contribution is 5.82. The van der Waals surface area contributed by atoms with Crippen molar-refractivity contribution < 1.29 is 0 Å². The van der Waals surface area contributed by atoms with Crippen molar-refractivity contribution in [3.63, 3.8) is 0 Å². The topological polar surface area (TPSA) is 84.9 Å². The predicted octanol–water partition coefficient (Wildman–Crippen LogP) is 3.45. The van der Waals surface area contributed by atoms with E-state index in [4.69, 9.17) is 15.7 Å². The second-order valence-electron chi connectivity index (χ2n) is 9.01. The van der Waals surface area contributed by atoms with Gasteiger partial charge in [-0.25, -0.2) is 19.6 Å². The number of anilines is 1. The van der Waals surface area contributed by atoms with Gasteiger partial charge in [0.05, 0.1) is 11.3 Å². The average Bonchev–Trinajstić information content (AvgIpc) is 3.41. The molecule has 3 aromatic heterocycles. The molecular weight excluding hydrogens is 398 g/mol. The summed E-state index contributed by atoms with van der Waals surface area (Å²) in [6.45, 7) is 4.14. The zero-order chi connectivity index (χ0) is 21.5. The highest BCUT2D eigenvalue weighted by Gasteiger charge is 2.40. The number of piperidine rings is 1. The first-order chi connectivity index (χ1) is 15.7. The molecule has 1 unspecified atom stereocenters. The molecule has 0 amide bonds. The SMILES string of the molecule is Nc1ncccc1-c1nc2ccc(-c3ccccc3)nc2n1N1CCC2(CCCNC2)C1. The van der Waals surface area contributed by atoms with Crippen molar-refractivity contribution in [3.8, 4) is 22.6 Å². The molecule has 3 N–H and O–H groups in total. The van der Waals surface area contributed by atoms with E-state index in [1.807, 2.05) is 36.4 Å². The van der Waals surface area contributed by atoms with Gasteiger partial charge in [-0.2, -0.15) is 0 Å². The molecule has 0 bridgehead atoms. The highest BCUT2D eigenvalue weighted by atomic mass is 15.6. The molecule has 7 nitrogen and oxygen atoms in total. The van der Waals surface area contributed by atoms with Crippen LogP contribution in [0, 0.1) is 5.41 Å². The lowest BCUT2D eigenvalue weighted by atomic mass is 9.80. The Bertz CT molecular complexity index is 1260. The number of imidazole rings is 1. The fraction of sp³-hybridized carbons (Fsp3) is 0.320. The van der Waals surface area contributed by atoms with Crippen LogP contribution in [0.15, 0.2) is 60.8 Å². The molecule has 162 valence electrons. The van der Waals surface area contributed by atoms with Gasteiger partial charge in [0.2, 0.25) is 0 Å². The number of nitrogen functional groups attached to an aromatic ring is 1. The summed E-state index contributed by atoms with van der Waals surface area (Å²) in [6, 6.07) is 18.3. The van der Waals surface area contributed by atoms with Crippen LogP contribution in [0.2, 0.25) is 0 Å². The van der Waals surface area contributed by atoms with E-state index in [0.717, 1.165) is 60.0 Å². The molecule has 4 aromatic rings. The van der Waals surface area contributed by atoms with Gasteiger partial charge in [0, 0.05) is 36.8 Å². The van der Waals surface area contributed by atoms with Gasteiger partial charge in [0.25, 0.3) is 0 Å². The number of pyridine rings is 2. The maximum atomic E-state index is 6.29. The van der Waals surface area contributed by atoms with E-state index < -0.39 is 0 Å². The Balaban J connectivity index is 1.52. The van der Waals surface area contributed by atoms with E-state index in [1.165, 1.54) is 19.3 Å². The third-order valence-corrected chi connectivity index (χ3v) is 6.89. The van der Waals surface area contributed by atoms with Crippen LogP contribution in [-0.4, -0.2) is 45.8 Å². The summed E-state index contributed by atoms with van der Waals surface area (Å²) in [6.07, 6.45) is 5.38. The molecule has 2 saturated heterocycles. The number of nitrogens with one attached hydrogen (secondary N) is 1. The van der Waals surface area contributed by atoms with Crippen molar-refractivity contribution >= 4 is 17.0 Å². The van der Waals surface area contributed by atoms with Gasteiger partial charge in [0.1, 0.15) is 11.3 Å². The fourth-order valence-corrected chi connectivity index (χ4v) is 5.23. The number of hydrogen-bond acceptors (Lipinski definition) is 6. The number of fused-ring (bicyclic) bond motifs is 1. The van der Waals surface area contributed by atoms with Crippen LogP contribution in [0.1, 0.15) is 19.3 Å². The van der Waals surface area contributed by atoms with Gasteiger partial charge in [-0.15, -0.1) is 0 Å². The molecule has 1 aromatic carbocycles. The largest absolute Gasteiger partial charge is 0.383 e. The standard InChI is InChI=1S/C25H27N7/c26-22-19(8-4-14-28-22)23-30-21-10-9-20(18-6-2-1-3-7-18)29-24(21)32(23)31-15-12-25(17-31)11-5-13-27-16-25/h1-4,6-10,14,27H,5,11-13,15-17H2,(H2,26,28). The molecule has 2 aliphatic rings. The Morgan fingerprint density at radius 2 is 1.88 bits per heavy atom. The lowest BCUT2D eigenvalue weighted by Crippen LogP contribution is -2.43. The molecule has 32 heavy (non-hydrogen) atoms. The van der Waals surface area contributed by atoms with Crippen LogP contribution in [0.5, 0.6) is 0 Å². The molecule has 1 spiro atoms. The van der Waals surface area contributed by atoms with Gasteiger partial charge < -0.3 is 16.1 Å². The smallest absolute Gasteiger partial charge is 0.180 e. The van der Waals surface area contributed by atoms with Crippen molar-refractivity contribution in [2.45, 2.75) is 19.3 Å². The summed E-state index contributed by atoms with van der Waals surface area (Å²) in [5, 5.41) is 6.02. The lowest BCUT2D eigenvalue weighted by Gasteiger charge is -2.34. The summed E-state index contributed by atoms with van der Waals surface area (Å²) in [5.41, 5.74) is 11.2. The van der Waals surface area contributed by atoms with E-state index in [2.05, 4.69) is 38.2 Å². The molecule has 0 saturated carbocycles. The lowest BCUT2D eigenvalue weighted by molar-refractivity contribution is 0.236. The van der Waals surface area contributed by atoms with Gasteiger partial charge >= 0.3 is 0 Å². The Morgan fingerprint density at radius 1 is 0.969 bits per heavy atom. The minimum atomic E-state index is 0.309. The van der Waals surface area contributed by atoms with Gasteiger partial charge in [-0.05, 0) is 50.1 Å². The minimum absolute atomic E-state index is 0.309. The van der Waals surface area contributed by atoms with E-state index in [0.29, 0.717) is 11.2 Å². The van der Waals surface area contributed by atoms with Crippen LogP contribution in [0.25, 0.3) is 33.8 Å². The maximum absolute atomic E-state index is 6.29. The molecule has 2 aliphatic heterocycles. The van der Waals surface area contributed by atoms with Gasteiger partial charge in [-0.3, -0.25) is 0 Å². The highest BCUT2D eigenvalue weighted by Crippen LogP contribution is 2.38. The second-order valence-corrected chi connectivity index (χ2v) is 9.01. The Hall–Kier alpha value is -3.45. The van der Waals surface area contributed by atoms with E-state index in [1.54, 1.807) is 6.20 Å². The van der Waals surface area contributed by atoms with Crippen molar-refractivity contribution in [1.29, 1.82) is 0 Å². The van der Waals surface area contributed by atoms with E-state index in [9.17, 15) is 0 Å². The summed E-state index contributed by atoms with van der Waals surface area (Å²) >= 11 is 0. The van der Waals surface area contributed by atoms with E-state index in [-0.39, 0.29) is 0 Å². The molecular formula is C25H27N7. The number of rotatable bonds is 3. The minimum Gasteiger partial charge on any atom is -0.383 e. The van der Waals surface area contributed by atoms with Crippen molar-refractivity contribution in [2.24, 2.45) is 5.41 Å². The van der Waals surface area contributed by atoms with Gasteiger partial charge in [-0.1, -0.05) is 30.3 Å². The molecule has 7 heteroatoms. The first-order valence-electron chi connectivity index (χ1n) is 11.3. The molecule has 0 aliphatic carbocycles. The molecule has 0 radical (unpaired) electrons. The fourth-order valence-electron chi connectivity index (χ4n) is 5.23. The third kappa shape index (κ3) is 3.20. The maximum Gasteiger partial charge on any atom is 0.180 e. The number of nitrogens with zero attached hydrogens (tertiary/aromatic N) is 5. The molecule has 2 fully saturated rings. The van der Waals surface area contributed by atoms with Crippen LogP contribution < -0.4 is 16.1 Å². The number of hydrogen-bond donors (Lipinski definition) is 2. The van der Waals surface area contributed by atoms with Crippen LogP contribution in [-0.2, 0) is 0 Å². The zero-order valence-corrected chi connectivity index (χ0v) is 18.0. The Kier molecular flexibility index (Phi) is 4.57. The summed E-state index contributed by atoms with van der Waals surface area (Å²) < 4.78 is 2.19. The first-order valence-corrected chi connectivity index (χ1v) is 11.3. The quantitative estimate of drug-likeness (QED) is 0.523. The summed E-state index contributed by atoms with van der Waals surface area (Å²) in [4.78, 5) is 14.4. The monoisotopic (exact) mass is 425 g/mol. The van der Waals surface area contributed by atoms with Crippen LogP contribution in [0.3, 0.4) is 0 Å². The number of nitrogens with two attached hydrogens (primary N) is 1. The average molecular weight is 426 g/mol. The molecule has 5 heterocycles. The van der Waals surface area contributed by atoms with Crippen molar-refractivity contribution in [2.75, 3.05) is 36.9 Å². The van der Waals surface area contributed by atoms with Crippen molar-refractivity contribution in [3.05, 3.63) is 60.8 Å². The molecule has 6 rings (SSSR count). The number of aromatic nitrogens is 4. The predicted molar refractivity (Wildman–Crippen MR) is 128 cm³/mol. The van der Waals surface area contributed by atoms with Gasteiger partial charge in [0.15, 0.2) is 11.5 Å². The zero-order valence-electron chi connectivity index (χ0n) is 18.0. The first kappa shape index (κ1) is 19.3. The summed E-state index contributed by atoms with van der Waals surface area (Å²) in [7, 11) is 0. The van der Waals surface area contributed by atoms with Crippen LogP contribution in [0.4, 0.5) is 5.82 Å². The Labute approximate surface area is 187 Å². The summed E-state index contributed by atoms with van der Waals surface area (Å²) in [5.74, 6) is 1.30. The van der Waals surface area contributed by atoms with Crippen molar-refractivity contribution in [1.82, 2.24) is 24.9 Å².